The Morgan fingerprint density at radius 3 is 2.81 bits per heavy atom. The van der Waals surface area contributed by atoms with Crippen LogP contribution in [-0.4, -0.2) is 18.2 Å². The predicted octanol–water partition coefficient (Wildman–Crippen LogP) is 3.23. The molecule has 112 valence electrons. The Hall–Kier alpha value is -1.81. The molecule has 1 aromatic heterocycles. The average molecular weight is 287 g/mol. The van der Waals surface area contributed by atoms with Crippen molar-refractivity contribution in [2.75, 3.05) is 13.3 Å². The van der Waals surface area contributed by atoms with Crippen LogP contribution in [0.2, 0.25) is 0 Å². The van der Waals surface area contributed by atoms with Crippen LogP contribution in [0.4, 0.5) is 0 Å². The summed E-state index contributed by atoms with van der Waals surface area (Å²) in [5, 5.41) is 1.02. The fraction of sp³-hybridized carbons (Fsp3) is 0.471. The highest BCUT2D eigenvalue weighted by molar-refractivity contribution is 5.86. The van der Waals surface area contributed by atoms with E-state index < -0.39 is 0 Å². The summed E-state index contributed by atoms with van der Waals surface area (Å²) in [5.41, 5.74) is 3.26. The average Bonchev–Trinajstić information content (AvgIpc) is 2.48. The Kier molecular flexibility index (Phi) is 3.72. The van der Waals surface area contributed by atoms with Gasteiger partial charge in [-0.05, 0) is 37.5 Å². The molecule has 0 amide bonds. The third-order valence-corrected chi connectivity index (χ3v) is 4.19. The van der Waals surface area contributed by atoms with E-state index in [2.05, 4.69) is 11.8 Å². The minimum Gasteiger partial charge on any atom is -0.478 e. The number of ether oxygens (including phenoxy) is 1. The monoisotopic (exact) mass is 287 g/mol. The zero-order valence-electron chi connectivity index (χ0n) is 12.9. The lowest BCUT2D eigenvalue weighted by Gasteiger charge is -2.29. The van der Waals surface area contributed by atoms with E-state index in [-0.39, 0.29) is 5.63 Å². The quantitative estimate of drug-likeness (QED) is 0.813. The van der Waals surface area contributed by atoms with Crippen LogP contribution in [0, 0.1) is 6.92 Å². The van der Waals surface area contributed by atoms with E-state index in [9.17, 15) is 4.79 Å². The Morgan fingerprint density at radius 1 is 1.29 bits per heavy atom. The van der Waals surface area contributed by atoms with E-state index in [1.165, 1.54) is 0 Å². The molecule has 4 heteroatoms. The third kappa shape index (κ3) is 2.33. The van der Waals surface area contributed by atoms with Crippen LogP contribution >= 0.6 is 0 Å². The molecule has 0 radical (unpaired) electrons. The van der Waals surface area contributed by atoms with Gasteiger partial charge in [0.2, 0.25) is 0 Å². The molecule has 21 heavy (non-hydrogen) atoms. The van der Waals surface area contributed by atoms with Crippen molar-refractivity contribution in [3.8, 4) is 5.75 Å². The summed E-state index contributed by atoms with van der Waals surface area (Å²) in [6.07, 6.45) is 1.77. The maximum Gasteiger partial charge on any atom is 0.339 e. The van der Waals surface area contributed by atoms with Gasteiger partial charge in [-0.25, -0.2) is 4.79 Å². The first-order chi connectivity index (χ1) is 10.2. The lowest BCUT2D eigenvalue weighted by Crippen LogP contribution is -2.32. The molecule has 0 saturated heterocycles. The first kappa shape index (κ1) is 14.1. The van der Waals surface area contributed by atoms with Gasteiger partial charge in [0.25, 0.3) is 0 Å². The largest absolute Gasteiger partial charge is 0.478 e. The molecule has 4 nitrogen and oxygen atoms in total. The minimum absolute atomic E-state index is 0.219. The second kappa shape index (κ2) is 5.53. The second-order valence-corrected chi connectivity index (χ2v) is 5.59. The highest BCUT2D eigenvalue weighted by Crippen LogP contribution is 2.33. The van der Waals surface area contributed by atoms with E-state index in [0.717, 1.165) is 47.3 Å². The lowest BCUT2D eigenvalue weighted by atomic mass is 10.0. The van der Waals surface area contributed by atoms with Gasteiger partial charge in [0.1, 0.15) is 18.1 Å². The molecule has 0 unspecified atom stereocenters. The fourth-order valence-corrected chi connectivity index (χ4v) is 3.08. The number of benzene rings is 1. The van der Waals surface area contributed by atoms with E-state index in [1.54, 1.807) is 0 Å². The summed E-state index contributed by atoms with van der Waals surface area (Å²) in [4.78, 5) is 14.4. The molecule has 2 heterocycles. The Balaban J connectivity index is 2.19. The Labute approximate surface area is 124 Å². The normalized spacial score (nSPS) is 15.0. The molecule has 3 rings (SSSR count). The second-order valence-electron chi connectivity index (χ2n) is 5.59. The van der Waals surface area contributed by atoms with Crippen LogP contribution < -0.4 is 10.4 Å². The molecule has 0 aliphatic carbocycles. The molecule has 1 aliphatic heterocycles. The van der Waals surface area contributed by atoms with Gasteiger partial charge in [-0.3, -0.25) is 4.90 Å². The van der Waals surface area contributed by atoms with Gasteiger partial charge in [-0.2, -0.15) is 0 Å². The van der Waals surface area contributed by atoms with Crippen molar-refractivity contribution in [2.45, 2.75) is 40.2 Å². The van der Waals surface area contributed by atoms with E-state index >= 15 is 0 Å². The van der Waals surface area contributed by atoms with Crippen LogP contribution in [0.1, 0.15) is 37.0 Å². The van der Waals surface area contributed by atoms with Crippen molar-refractivity contribution in [3.63, 3.8) is 0 Å². The first-order valence-corrected chi connectivity index (χ1v) is 7.59. The molecule has 0 bridgehead atoms. The van der Waals surface area contributed by atoms with Crippen LogP contribution in [0.15, 0.2) is 21.3 Å². The fourth-order valence-electron chi connectivity index (χ4n) is 3.08. The van der Waals surface area contributed by atoms with E-state index in [0.29, 0.717) is 18.7 Å². The molecule has 0 atom stereocenters. The van der Waals surface area contributed by atoms with Gasteiger partial charge >= 0.3 is 5.63 Å². The zero-order chi connectivity index (χ0) is 15.0. The van der Waals surface area contributed by atoms with Crippen molar-refractivity contribution < 1.29 is 9.15 Å². The highest BCUT2D eigenvalue weighted by Gasteiger charge is 2.22. The summed E-state index contributed by atoms with van der Waals surface area (Å²) >= 11 is 0. The number of fused-ring (bicyclic) bond motifs is 3. The van der Waals surface area contributed by atoms with Crippen molar-refractivity contribution >= 4 is 11.0 Å². The van der Waals surface area contributed by atoms with Crippen molar-refractivity contribution in [2.24, 2.45) is 0 Å². The summed E-state index contributed by atoms with van der Waals surface area (Å²) in [6, 6.07) is 3.99. The summed E-state index contributed by atoms with van der Waals surface area (Å²) in [6.45, 7) is 8.48. The summed E-state index contributed by atoms with van der Waals surface area (Å²) in [5.74, 6) is 0.835. The zero-order valence-corrected chi connectivity index (χ0v) is 12.9. The maximum absolute atomic E-state index is 12.2. The minimum atomic E-state index is -0.219. The molecule has 1 aromatic carbocycles. The van der Waals surface area contributed by atoms with E-state index in [4.69, 9.17) is 9.15 Å². The maximum atomic E-state index is 12.2. The van der Waals surface area contributed by atoms with Crippen LogP contribution in [0.25, 0.3) is 11.0 Å². The standard InChI is InChI=1S/C17H21NO3/c1-4-8-18-9-14-15(20-10-18)7-6-13-11(3)12(5-2)17(19)21-16(13)14/h6-7H,4-5,8-10H2,1-3H3. The van der Waals surface area contributed by atoms with Gasteiger partial charge < -0.3 is 9.15 Å². The summed E-state index contributed by atoms with van der Waals surface area (Å²) in [7, 11) is 0. The van der Waals surface area contributed by atoms with Crippen molar-refractivity contribution in [1.82, 2.24) is 4.90 Å². The van der Waals surface area contributed by atoms with Crippen molar-refractivity contribution in [3.05, 3.63) is 39.2 Å². The van der Waals surface area contributed by atoms with Crippen LogP contribution in [0.3, 0.4) is 0 Å². The molecule has 0 spiro atoms. The Bertz CT molecular complexity index is 733. The molecular formula is C17H21NO3. The Morgan fingerprint density at radius 2 is 2.10 bits per heavy atom. The van der Waals surface area contributed by atoms with E-state index in [1.807, 2.05) is 26.0 Å². The third-order valence-electron chi connectivity index (χ3n) is 4.19. The lowest BCUT2D eigenvalue weighted by molar-refractivity contribution is 0.0957. The van der Waals surface area contributed by atoms with Gasteiger partial charge in [0.05, 0.1) is 5.56 Å². The number of aryl methyl sites for hydroxylation is 1. The van der Waals surface area contributed by atoms with Gasteiger partial charge in [-0.15, -0.1) is 0 Å². The SMILES string of the molecule is CCCN1COc2ccc3c(C)c(CC)c(=O)oc3c2C1. The van der Waals surface area contributed by atoms with Crippen LogP contribution in [-0.2, 0) is 13.0 Å². The van der Waals surface area contributed by atoms with Gasteiger partial charge in [0.15, 0.2) is 0 Å². The van der Waals surface area contributed by atoms with Gasteiger partial charge in [0, 0.05) is 24.0 Å². The highest BCUT2D eigenvalue weighted by atomic mass is 16.5. The number of hydrogen-bond acceptors (Lipinski definition) is 4. The van der Waals surface area contributed by atoms with Gasteiger partial charge in [-0.1, -0.05) is 13.8 Å². The molecular weight excluding hydrogens is 266 g/mol. The molecule has 0 fully saturated rings. The number of nitrogens with zero attached hydrogens (tertiary/aromatic N) is 1. The molecule has 0 N–H and O–H groups in total. The smallest absolute Gasteiger partial charge is 0.339 e. The summed E-state index contributed by atoms with van der Waals surface area (Å²) < 4.78 is 11.4. The molecule has 2 aromatic rings. The first-order valence-electron chi connectivity index (χ1n) is 7.59. The number of hydrogen-bond donors (Lipinski definition) is 0. The number of rotatable bonds is 3. The van der Waals surface area contributed by atoms with Crippen LogP contribution in [0.5, 0.6) is 5.75 Å². The predicted molar refractivity (Wildman–Crippen MR) is 82.8 cm³/mol. The molecule has 0 saturated carbocycles. The van der Waals surface area contributed by atoms with Crippen molar-refractivity contribution in [1.29, 1.82) is 0 Å². The topological polar surface area (TPSA) is 42.7 Å². The molecule has 1 aliphatic rings.